The third-order valence-electron chi connectivity index (χ3n) is 3.03. The van der Waals surface area contributed by atoms with Crippen LogP contribution in [0.5, 0.6) is 0 Å². The molecule has 0 saturated heterocycles. The van der Waals surface area contributed by atoms with E-state index in [-0.39, 0.29) is 10.8 Å². The van der Waals surface area contributed by atoms with Crippen LogP contribution in [-0.2, 0) is 14.3 Å². The van der Waals surface area contributed by atoms with E-state index in [4.69, 9.17) is 0 Å². The Labute approximate surface area is 129 Å². The highest BCUT2D eigenvalue weighted by Crippen LogP contribution is 2.16. The maximum Gasteiger partial charge on any atom is 0.296 e. The summed E-state index contributed by atoms with van der Waals surface area (Å²) in [5, 5.41) is 2.69. The molecule has 0 aliphatic rings. The molecule has 0 spiro atoms. The molecule has 2 aromatic carbocycles. The summed E-state index contributed by atoms with van der Waals surface area (Å²) in [5.41, 5.74) is 1.91. The lowest BCUT2D eigenvalue weighted by Crippen LogP contribution is -2.12. The number of hydrogen-bond donors (Lipinski definition) is 1. The summed E-state index contributed by atoms with van der Waals surface area (Å²) in [4.78, 5) is 12.1. The van der Waals surface area contributed by atoms with Crippen LogP contribution in [0.3, 0.4) is 0 Å². The molecular weight excluding hydrogens is 302 g/mol. The molecule has 0 atom stereocenters. The molecule has 0 aliphatic heterocycles. The summed E-state index contributed by atoms with van der Waals surface area (Å²) in [6.45, 7) is 3.65. The maximum absolute atomic E-state index is 12.1. The van der Waals surface area contributed by atoms with Crippen LogP contribution in [-0.4, -0.2) is 21.4 Å². The van der Waals surface area contributed by atoms with Gasteiger partial charge in [-0.25, -0.2) is 0 Å². The van der Waals surface area contributed by atoms with E-state index >= 15 is 0 Å². The zero-order valence-electron chi connectivity index (χ0n) is 11.9. The van der Waals surface area contributed by atoms with E-state index < -0.39 is 10.1 Å². The topological polar surface area (TPSA) is 72.5 Å². The van der Waals surface area contributed by atoms with Crippen molar-refractivity contribution in [3.05, 3.63) is 66.2 Å². The molecule has 114 valence electrons. The Kier molecular flexibility index (Phi) is 4.75. The average molecular weight is 317 g/mol. The van der Waals surface area contributed by atoms with Crippen molar-refractivity contribution in [3.8, 4) is 0 Å². The van der Waals surface area contributed by atoms with Crippen LogP contribution in [0.4, 0.5) is 5.69 Å². The van der Waals surface area contributed by atoms with Gasteiger partial charge in [0.15, 0.2) is 0 Å². The van der Waals surface area contributed by atoms with Crippen molar-refractivity contribution in [3.63, 3.8) is 0 Å². The van der Waals surface area contributed by atoms with Gasteiger partial charge in [0.2, 0.25) is 0 Å². The smallest absolute Gasteiger partial charge is 0.296 e. The maximum atomic E-state index is 12.1. The predicted octanol–water partition coefficient (Wildman–Crippen LogP) is 2.92. The second-order valence-electron chi connectivity index (χ2n) is 4.43. The SMILES string of the molecule is C=Cc1ccc(C(=O)Nc2ccc(S(=O)(=O)OC)cc2)cc1. The number of carbonyl (C=O) groups is 1. The van der Waals surface area contributed by atoms with Gasteiger partial charge >= 0.3 is 0 Å². The minimum absolute atomic E-state index is 0.0309. The first-order valence-corrected chi connectivity index (χ1v) is 7.81. The zero-order valence-corrected chi connectivity index (χ0v) is 12.8. The predicted molar refractivity (Wildman–Crippen MR) is 85.1 cm³/mol. The Morgan fingerprint density at radius 2 is 1.68 bits per heavy atom. The molecule has 0 aliphatic carbocycles. The quantitative estimate of drug-likeness (QED) is 0.861. The van der Waals surface area contributed by atoms with E-state index in [0.717, 1.165) is 12.7 Å². The van der Waals surface area contributed by atoms with Gasteiger partial charge in [0.1, 0.15) is 0 Å². The Hall–Kier alpha value is -2.44. The van der Waals surface area contributed by atoms with Gasteiger partial charge in [-0.05, 0) is 42.0 Å². The summed E-state index contributed by atoms with van der Waals surface area (Å²) in [7, 11) is -2.63. The van der Waals surface area contributed by atoms with Crippen molar-refractivity contribution in [2.24, 2.45) is 0 Å². The molecule has 6 heteroatoms. The van der Waals surface area contributed by atoms with E-state index in [1.807, 2.05) is 0 Å². The van der Waals surface area contributed by atoms with Crippen LogP contribution < -0.4 is 5.32 Å². The van der Waals surface area contributed by atoms with Gasteiger partial charge in [-0.1, -0.05) is 24.8 Å². The van der Waals surface area contributed by atoms with E-state index in [1.165, 1.54) is 24.3 Å². The average Bonchev–Trinajstić information content (AvgIpc) is 2.55. The van der Waals surface area contributed by atoms with Crippen LogP contribution >= 0.6 is 0 Å². The molecular formula is C16H15NO4S. The summed E-state index contributed by atoms with van der Waals surface area (Å²) in [6, 6.07) is 12.7. The van der Waals surface area contributed by atoms with Crippen molar-refractivity contribution in [1.29, 1.82) is 0 Å². The molecule has 2 aromatic rings. The van der Waals surface area contributed by atoms with Gasteiger partial charge in [-0.2, -0.15) is 8.42 Å². The molecule has 0 radical (unpaired) electrons. The molecule has 5 nitrogen and oxygen atoms in total. The van der Waals surface area contributed by atoms with Crippen LogP contribution in [0.2, 0.25) is 0 Å². The lowest BCUT2D eigenvalue weighted by molar-refractivity contribution is 0.102. The van der Waals surface area contributed by atoms with Crippen molar-refractivity contribution in [2.45, 2.75) is 4.90 Å². The Morgan fingerprint density at radius 3 is 2.18 bits per heavy atom. The largest absolute Gasteiger partial charge is 0.322 e. The molecule has 22 heavy (non-hydrogen) atoms. The van der Waals surface area contributed by atoms with Gasteiger partial charge in [0, 0.05) is 11.3 Å². The summed E-state index contributed by atoms with van der Waals surface area (Å²) in [6.07, 6.45) is 1.69. The third kappa shape index (κ3) is 3.60. The molecule has 0 fully saturated rings. The second-order valence-corrected chi connectivity index (χ2v) is 6.14. The first-order valence-electron chi connectivity index (χ1n) is 6.41. The summed E-state index contributed by atoms with van der Waals surface area (Å²) in [5.74, 6) is -0.280. The van der Waals surface area contributed by atoms with E-state index in [2.05, 4.69) is 16.1 Å². The fourth-order valence-electron chi connectivity index (χ4n) is 1.78. The Bertz CT molecular complexity index is 778. The highest BCUT2D eigenvalue weighted by molar-refractivity contribution is 7.86. The second kappa shape index (κ2) is 6.55. The lowest BCUT2D eigenvalue weighted by atomic mass is 10.1. The number of anilines is 1. The fraction of sp³-hybridized carbons (Fsp3) is 0.0625. The summed E-state index contributed by atoms with van der Waals surface area (Å²) >= 11 is 0. The van der Waals surface area contributed by atoms with Crippen molar-refractivity contribution in [1.82, 2.24) is 0 Å². The van der Waals surface area contributed by atoms with Gasteiger partial charge in [0.05, 0.1) is 12.0 Å². The standard InChI is InChI=1S/C16H15NO4S/c1-3-12-4-6-13(7-5-12)16(18)17-14-8-10-15(11-9-14)22(19,20)21-2/h3-11H,1H2,2H3,(H,17,18). The normalized spacial score (nSPS) is 11.0. The molecule has 0 aromatic heterocycles. The van der Waals surface area contributed by atoms with Crippen LogP contribution in [0, 0.1) is 0 Å². The highest BCUT2D eigenvalue weighted by Gasteiger charge is 2.13. The molecule has 2 rings (SSSR count). The van der Waals surface area contributed by atoms with Crippen LogP contribution in [0.1, 0.15) is 15.9 Å². The Morgan fingerprint density at radius 1 is 1.09 bits per heavy atom. The zero-order chi connectivity index (χ0) is 16.2. The van der Waals surface area contributed by atoms with Gasteiger partial charge in [0.25, 0.3) is 16.0 Å². The number of carbonyl (C=O) groups excluding carboxylic acids is 1. The van der Waals surface area contributed by atoms with E-state index in [0.29, 0.717) is 11.3 Å². The highest BCUT2D eigenvalue weighted by atomic mass is 32.2. The van der Waals surface area contributed by atoms with Crippen LogP contribution in [0.15, 0.2) is 60.0 Å². The molecule has 1 N–H and O–H groups in total. The van der Waals surface area contributed by atoms with Crippen molar-refractivity contribution >= 4 is 27.8 Å². The number of nitrogens with one attached hydrogen (secondary N) is 1. The fourth-order valence-corrected chi connectivity index (χ4v) is 2.44. The molecule has 0 saturated carbocycles. The van der Waals surface area contributed by atoms with Crippen molar-refractivity contribution in [2.75, 3.05) is 12.4 Å². The molecule has 0 bridgehead atoms. The number of amides is 1. The molecule has 0 unspecified atom stereocenters. The first-order chi connectivity index (χ1) is 10.5. The van der Waals surface area contributed by atoms with Crippen molar-refractivity contribution < 1.29 is 17.4 Å². The minimum atomic E-state index is -3.73. The molecule has 0 heterocycles. The lowest BCUT2D eigenvalue weighted by Gasteiger charge is -2.07. The minimum Gasteiger partial charge on any atom is -0.322 e. The number of hydrogen-bond acceptors (Lipinski definition) is 4. The van der Waals surface area contributed by atoms with Crippen LogP contribution in [0.25, 0.3) is 6.08 Å². The van der Waals surface area contributed by atoms with Gasteiger partial charge < -0.3 is 5.32 Å². The number of rotatable bonds is 5. The van der Waals surface area contributed by atoms with Gasteiger partial charge in [-0.3, -0.25) is 8.98 Å². The monoisotopic (exact) mass is 317 g/mol. The van der Waals surface area contributed by atoms with E-state index in [1.54, 1.807) is 30.3 Å². The van der Waals surface area contributed by atoms with Gasteiger partial charge in [-0.15, -0.1) is 0 Å². The summed E-state index contributed by atoms with van der Waals surface area (Å²) < 4.78 is 27.4. The Balaban J connectivity index is 2.13. The molecule has 1 amide bonds. The van der Waals surface area contributed by atoms with E-state index in [9.17, 15) is 13.2 Å². The third-order valence-corrected chi connectivity index (χ3v) is 4.32. The number of benzene rings is 2. The first kappa shape index (κ1) is 15.9.